The maximum atomic E-state index is 12.3. The van der Waals surface area contributed by atoms with E-state index in [0.29, 0.717) is 29.2 Å². The number of rotatable bonds is 8. The molecule has 0 aliphatic rings. The minimum atomic E-state index is -4.35. The number of carbonyl (C=O) groups is 1. The number of hydrogen-bond acceptors (Lipinski definition) is 3. The molecule has 26 heavy (non-hydrogen) atoms. The highest BCUT2D eigenvalue weighted by molar-refractivity contribution is 6.04. The highest BCUT2D eigenvalue weighted by Crippen LogP contribution is 2.19. The standard InChI is InChI=1S/C19H20F3NO3/c1-2-10-26-17-5-3-4-16(11-17)23-18(24)15-8-6-14(7-9-15)12-25-13-19(20,21)22/h3-9,11H,2,10,12-13H2,1H3,(H,23,24). The number of anilines is 1. The van der Waals surface area contributed by atoms with Gasteiger partial charge in [-0.1, -0.05) is 25.1 Å². The summed E-state index contributed by atoms with van der Waals surface area (Å²) in [5.41, 5.74) is 1.55. The summed E-state index contributed by atoms with van der Waals surface area (Å²) in [6.07, 6.45) is -3.47. The molecular weight excluding hydrogens is 347 g/mol. The largest absolute Gasteiger partial charge is 0.494 e. The minimum absolute atomic E-state index is 0.168. The van der Waals surface area contributed by atoms with Gasteiger partial charge in [0.05, 0.1) is 13.2 Å². The van der Waals surface area contributed by atoms with E-state index in [0.717, 1.165) is 6.42 Å². The Balaban J connectivity index is 1.91. The predicted octanol–water partition coefficient (Wildman–Crippen LogP) is 4.81. The Morgan fingerprint density at radius 2 is 1.85 bits per heavy atom. The van der Waals surface area contributed by atoms with Crippen LogP contribution in [0.5, 0.6) is 5.75 Å². The quantitative estimate of drug-likeness (QED) is 0.729. The Morgan fingerprint density at radius 1 is 1.12 bits per heavy atom. The number of hydrogen-bond donors (Lipinski definition) is 1. The third kappa shape index (κ3) is 6.76. The predicted molar refractivity (Wildman–Crippen MR) is 92.3 cm³/mol. The molecule has 0 saturated heterocycles. The van der Waals surface area contributed by atoms with Crippen LogP contribution in [0.15, 0.2) is 48.5 Å². The van der Waals surface area contributed by atoms with Gasteiger partial charge in [0.25, 0.3) is 5.91 Å². The van der Waals surface area contributed by atoms with Crippen LogP contribution in [0.1, 0.15) is 29.3 Å². The zero-order chi connectivity index (χ0) is 19.0. The summed E-state index contributed by atoms with van der Waals surface area (Å²) >= 11 is 0. The van der Waals surface area contributed by atoms with Crippen LogP contribution in [0.25, 0.3) is 0 Å². The Morgan fingerprint density at radius 3 is 2.50 bits per heavy atom. The molecular formula is C19H20F3NO3. The summed E-state index contributed by atoms with van der Waals surface area (Å²) in [6, 6.07) is 13.3. The van der Waals surface area contributed by atoms with Crippen molar-refractivity contribution in [2.75, 3.05) is 18.5 Å². The van der Waals surface area contributed by atoms with Gasteiger partial charge in [0.1, 0.15) is 12.4 Å². The first kappa shape index (κ1) is 19.8. The fourth-order valence-corrected chi connectivity index (χ4v) is 2.12. The number of carbonyl (C=O) groups excluding carboxylic acids is 1. The topological polar surface area (TPSA) is 47.6 Å². The number of amides is 1. The molecule has 0 radical (unpaired) electrons. The molecule has 1 amide bonds. The van der Waals surface area contributed by atoms with Crippen molar-refractivity contribution in [3.8, 4) is 5.75 Å². The molecule has 0 saturated carbocycles. The van der Waals surface area contributed by atoms with Gasteiger partial charge < -0.3 is 14.8 Å². The van der Waals surface area contributed by atoms with Crippen LogP contribution in [0, 0.1) is 0 Å². The van der Waals surface area contributed by atoms with E-state index in [1.165, 1.54) is 0 Å². The zero-order valence-electron chi connectivity index (χ0n) is 14.3. The number of halogens is 3. The van der Waals surface area contributed by atoms with Crippen LogP contribution in [-0.2, 0) is 11.3 Å². The number of alkyl halides is 3. The van der Waals surface area contributed by atoms with Crippen molar-refractivity contribution in [1.29, 1.82) is 0 Å². The summed E-state index contributed by atoms with van der Waals surface area (Å²) in [7, 11) is 0. The van der Waals surface area contributed by atoms with E-state index >= 15 is 0 Å². The Hall–Kier alpha value is -2.54. The number of ether oxygens (including phenoxy) is 2. The fraction of sp³-hybridized carbons (Fsp3) is 0.316. The third-order valence-electron chi connectivity index (χ3n) is 3.32. The third-order valence-corrected chi connectivity index (χ3v) is 3.32. The first-order chi connectivity index (χ1) is 12.4. The molecule has 0 heterocycles. The van der Waals surface area contributed by atoms with Gasteiger partial charge >= 0.3 is 6.18 Å². The summed E-state index contributed by atoms with van der Waals surface area (Å²) in [6.45, 7) is 1.13. The van der Waals surface area contributed by atoms with Crippen molar-refractivity contribution < 1.29 is 27.4 Å². The smallest absolute Gasteiger partial charge is 0.411 e. The second kappa shape index (κ2) is 9.24. The van der Waals surface area contributed by atoms with Gasteiger partial charge in [-0.25, -0.2) is 0 Å². The summed E-state index contributed by atoms with van der Waals surface area (Å²) in [5.74, 6) is 0.349. The maximum absolute atomic E-state index is 12.3. The maximum Gasteiger partial charge on any atom is 0.411 e. The normalized spacial score (nSPS) is 11.2. The molecule has 0 aromatic heterocycles. The summed E-state index contributed by atoms with van der Waals surface area (Å²) in [4.78, 5) is 12.3. The average Bonchev–Trinajstić information content (AvgIpc) is 2.60. The molecule has 0 spiro atoms. The van der Waals surface area contributed by atoms with Crippen molar-refractivity contribution in [3.05, 3.63) is 59.7 Å². The van der Waals surface area contributed by atoms with E-state index in [2.05, 4.69) is 10.1 Å². The number of benzene rings is 2. The molecule has 2 rings (SSSR count). The van der Waals surface area contributed by atoms with Crippen LogP contribution in [0.2, 0.25) is 0 Å². The van der Waals surface area contributed by atoms with Crippen LogP contribution < -0.4 is 10.1 Å². The van der Waals surface area contributed by atoms with Gasteiger partial charge in [0.2, 0.25) is 0 Å². The lowest BCUT2D eigenvalue weighted by Crippen LogP contribution is -2.16. The average molecular weight is 367 g/mol. The second-order valence-electron chi connectivity index (χ2n) is 5.64. The van der Waals surface area contributed by atoms with Crippen LogP contribution >= 0.6 is 0 Å². The van der Waals surface area contributed by atoms with Crippen molar-refractivity contribution in [2.24, 2.45) is 0 Å². The first-order valence-electron chi connectivity index (χ1n) is 8.15. The van der Waals surface area contributed by atoms with Gasteiger partial charge in [0, 0.05) is 17.3 Å². The lowest BCUT2D eigenvalue weighted by Gasteiger charge is -2.10. The lowest BCUT2D eigenvalue weighted by atomic mass is 10.1. The molecule has 0 unspecified atom stereocenters. The van der Waals surface area contributed by atoms with Gasteiger partial charge in [0.15, 0.2) is 0 Å². The molecule has 0 aliphatic heterocycles. The molecule has 140 valence electrons. The molecule has 0 bridgehead atoms. The molecule has 0 aliphatic carbocycles. The van der Waals surface area contributed by atoms with E-state index in [9.17, 15) is 18.0 Å². The number of nitrogens with one attached hydrogen (secondary N) is 1. The van der Waals surface area contributed by atoms with Gasteiger partial charge in [-0.3, -0.25) is 4.79 Å². The van der Waals surface area contributed by atoms with Crippen molar-refractivity contribution in [1.82, 2.24) is 0 Å². The molecule has 4 nitrogen and oxygen atoms in total. The van der Waals surface area contributed by atoms with Crippen molar-refractivity contribution >= 4 is 11.6 Å². The van der Waals surface area contributed by atoms with Gasteiger partial charge in [-0.05, 0) is 36.2 Å². The Kier molecular flexibility index (Phi) is 7.03. The van der Waals surface area contributed by atoms with Crippen LogP contribution in [0.3, 0.4) is 0 Å². The molecule has 1 N–H and O–H groups in total. The molecule has 0 atom stereocenters. The van der Waals surface area contributed by atoms with E-state index in [1.54, 1.807) is 48.5 Å². The van der Waals surface area contributed by atoms with E-state index < -0.39 is 12.8 Å². The van der Waals surface area contributed by atoms with E-state index in [4.69, 9.17) is 4.74 Å². The monoisotopic (exact) mass is 367 g/mol. The Bertz CT molecular complexity index is 715. The molecule has 0 fully saturated rings. The minimum Gasteiger partial charge on any atom is -0.494 e. The van der Waals surface area contributed by atoms with Crippen molar-refractivity contribution in [3.63, 3.8) is 0 Å². The SMILES string of the molecule is CCCOc1cccc(NC(=O)c2ccc(COCC(F)(F)F)cc2)c1. The Labute approximate surface area is 149 Å². The van der Waals surface area contributed by atoms with Gasteiger partial charge in [-0.2, -0.15) is 13.2 Å². The van der Waals surface area contributed by atoms with E-state index in [1.807, 2.05) is 6.92 Å². The van der Waals surface area contributed by atoms with E-state index in [-0.39, 0.29) is 12.5 Å². The van der Waals surface area contributed by atoms with Crippen LogP contribution in [-0.4, -0.2) is 25.3 Å². The lowest BCUT2D eigenvalue weighted by molar-refractivity contribution is -0.176. The summed E-state index contributed by atoms with van der Waals surface area (Å²) in [5, 5.41) is 2.76. The molecule has 2 aromatic carbocycles. The van der Waals surface area contributed by atoms with Crippen molar-refractivity contribution in [2.45, 2.75) is 26.1 Å². The van der Waals surface area contributed by atoms with Crippen LogP contribution in [0.4, 0.5) is 18.9 Å². The van der Waals surface area contributed by atoms with Gasteiger partial charge in [-0.15, -0.1) is 0 Å². The highest BCUT2D eigenvalue weighted by atomic mass is 19.4. The highest BCUT2D eigenvalue weighted by Gasteiger charge is 2.27. The second-order valence-corrected chi connectivity index (χ2v) is 5.64. The molecule has 7 heteroatoms. The first-order valence-corrected chi connectivity index (χ1v) is 8.15. The molecule has 2 aromatic rings. The summed E-state index contributed by atoms with van der Waals surface area (Å²) < 4.78 is 46.2. The zero-order valence-corrected chi connectivity index (χ0v) is 14.3. The fourth-order valence-electron chi connectivity index (χ4n) is 2.12.